The Morgan fingerprint density at radius 3 is 2.80 bits per heavy atom. The van der Waals surface area contributed by atoms with Gasteiger partial charge in [0.15, 0.2) is 0 Å². The van der Waals surface area contributed by atoms with Gasteiger partial charge in [-0.3, -0.25) is 0 Å². The van der Waals surface area contributed by atoms with E-state index in [4.69, 9.17) is 0 Å². The van der Waals surface area contributed by atoms with Crippen molar-refractivity contribution in [1.29, 1.82) is 0 Å². The third kappa shape index (κ3) is 2.14. The van der Waals surface area contributed by atoms with E-state index in [1.807, 2.05) is 0 Å². The molecule has 2 rings (SSSR count). The van der Waals surface area contributed by atoms with Gasteiger partial charge in [-0.05, 0) is 12.1 Å². The van der Waals surface area contributed by atoms with Crippen molar-refractivity contribution < 1.29 is 5.11 Å². The number of hydrogen-bond acceptors (Lipinski definition) is 4. The highest BCUT2D eigenvalue weighted by molar-refractivity contribution is 5.64. The summed E-state index contributed by atoms with van der Waals surface area (Å²) in [6.07, 6.45) is 2.88. The van der Waals surface area contributed by atoms with Crippen LogP contribution in [0.1, 0.15) is 0 Å². The Morgan fingerprint density at radius 1 is 1.33 bits per heavy atom. The molecular weight excluding hydrogens is 194 g/mol. The lowest BCUT2D eigenvalue weighted by molar-refractivity contribution is 0.478. The number of nitrogens with one attached hydrogen (secondary N) is 2. The first kappa shape index (κ1) is 9.26. The molecule has 0 spiro atoms. The minimum Gasteiger partial charge on any atom is -0.506 e. The fourth-order valence-corrected chi connectivity index (χ4v) is 1.15. The van der Waals surface area contributed by atoms with Crippen LogP contribution < -0.4 is 11.0 Å². The molecule has 5 nitrogen and oxygen atoms in total. The number of rotatable bonds is 2. The van der Waals surface area contributed by atoms with Crippen molar-refractivity contribution in [1.82, 2.24) is 9.97 Å². The lowest BCUT2D eigenvalue weighted by atomic mass is 10.3. The molecule has 0 unspecified atom stereocenters. The molecule has 0 saturated carbocycles. The van der Waals surface area contributed by atoms with Gasteiger partial charge in [-0.2, -0.15) is 4.98 Å². The standard InChI is InChI=1S/C10H9N3O2/c14-9-4-2-1-3-8(9)13-7-5-11-10(15)12-6-7/h1-6,13-14H,(H,11,12,15). The summed E-state index contributed by atoms with van der Waals surface area (Å²) in [5.41, 5.74) is 0.764. The monoisotopic (exact) mass is 203 g/mol. The van der Waals surface area contributed by atoms with Gasteiger partial charge in [0.2, 0.25) is 0 Å². The van der Waals surface area contributed by atoms with E-state index in [2.05, 4.69) is 15.3 Å². The number of phenols is 1. The Bertz CT molecular complexity index is 502. The first-order chi connectivity index (χ1) is 7.25. The van der Waals surface area contributed by atoms with E-state index in [9.17, 15) is 9.90 Å². The molecule has 1 heterocycles. The number of H-pyrrole nitrogens is 1. The first-order valence-corrected chi connectivity index (χ1v) is 4.35. The van der Waals surface area contributed by atoms with Crippen molar-refractivity contribution in [3.8, 4) is 5.75 Å². The molecule has 0 saturated heterocycles. The van der Waals surface area contributed by atoms with Gasteiger partial charge < -0.3 is 15.4 Å². The summed E-state index contributed by atoms with van der Waals surface area (Å²) >= 11 is 0. The first-order valence-electron chi connectivity index (χ1n) is 4.35. The second kappa shape index (κ2) is 3.83. The lowest BCUT2D eigenvalue weighted by Gasteiger charge is -2.06. The largest absolute Gasteiger partial charge is 0.506 e. The average molecular weight is 203 g/mol. The minimum absolute atomic E-state index is 0.142. The van der Waals surface area contributed by atoms with Gasteiger partial charge in [-0.1, -0.05) is 12.1 Å². The summed E-state index contributed by atoms with van der Waals surface area (Å²) in [5, 5.41) is 12.4. The fourth-order valence-electron chi connectivity index (χ4n) is 1.15. The van der Waals surface area contributed by atoms with Crippen LogP contribution in [0.4, 0.5) is 11.4 Å². The predicted molar refractivity (Wildman–Crippen MR) is 56.2 cm³/mol. The molecule has 3 N–H and O–H groups in total. The Hall–Kier alpha value is -2.30. The number of phenolic OH excluding ortho intramolecular Hbond substituents is 1. The third-order valence-electron chi connectivity index (χ3n) is 1.86. The zero-order chi connectivity index (χ0) is 10.7. The zero-order valence-corrected chi connectivity index (χ0v) is 7.77. The molecule has 0 radical (unpaired) electrons. The molecule has 0 bridgehead atoms. The maximum Gasteiger partial charge on any atom is 0.345 e. The number of nitrogens with zero attached hydrogens (tertiary/aromatic N) is 1. The lowest BCUT2D eigenvalue weighted by Crippen LogP contribution is -2.08. The maximum atomic E-state index is 10.7. The quantitative estimate of drug-likeness (QED) is 0.641. The van der Waals surface area contributed by atoms with Gasteiger partial charge in [0.25, 0.3) is 0 Å². The van der Waals surface area contributed by atoms with Gasteiger partial charge in [-0.15, -0.1) is 0 Å². The summed E-state index contributed by atoms with van der Waals surface area (Å²) in [6, 6.07) is 6.81. The zero-order valence-electron chi connectivity index (χ0n) is 7.77. The van der Waals surface area contributed by atoms with Crippen molar-refractivity contribution >= 4 is 11.4 Å². The second-order valence-corrected chi connectivity index (χ2v) is 2.95. The number of aromatic amines is 1. The smallest absolute Gasteiger partial charge is 0.345 e. The van der Waals surface area contributed by atoms with Crippen molar-refractivity contribution in [3.63, 3.8) is 0 Å². The SMILES string of the molecule is O=c1ncc(Nc2ccccc2O)c[nH]1. The maximum absolute atomic E-state index is 10.7. The second-order valence-electron chi connectivity index (χ2n) is 2.95. The Kier molecular flexibility index (Phi) is 2.37. The van der Waals surface area contributed by atoms with Crippen LogP contribution in [0.3, 0.4) is 0 Å². The molecule has 0 fully saturated rings. The van der Waals surface area contributed by atoms with E-state index in [0.717, 1.165) is 0 Å². The number of aromatic nitrogens is 2. The number of hydrogen-bond donors (Lipinski definition) is 3. The van der Waals surface area contributed by atoms with Crippen molar-refractivity contribution in [2.45, 2.75) is 0 Å². The third-order valence-corrected chi connectivity index (χ3v) is 1.86. The van der Waals surface area contributed by atoms with Gasteiger partial charge in [0, 0.05) is 6.20 Å². The van der Waals surface area contributed by atoms with E-state index in [1.165, 1.54) is 12.4 Å². The van der Waals surface area contributed by atoms with Crippen LogP contribution in [-0.4, -0.2) is 15.1 Å². The number of anilines is 2. The normalized spacial score (nSPS) is 9.87. The summed E-state index contributed by atoms with van der Waals surface area (Å²) in [5.74, 6) is 0.142. The number of benzene rings is 1. The highest BCUT2D eigenvalue weighted by atomic mass is 16.3. The molecule has 0 aliphatic carbocycles. The van der Waals surface area contributed by atoms with E-state index in [1.54, 1.807) is 24.3 Å². The topological polar surface area (TPSA) is 78.0 Å². The predicted octanol–water partition coefficient (Wildman–Crippen LogP) is 1.22. The summed E-state index contributed by atoms with van der Waals surface area (Å²) in [4.78, 5) is 16.7. The van der Waals surface area contributed by atoms with Gasteiger partial charge in [0.1, 0.15) is 5.75 Å². The number of para-hydroxylation sites is 2. The Labute approximate surface area is 85.4 Å². The molecular formula is C10H9N3O2. The van der Waals surface area contributed by atoms with E-state index in [0.29, 0.717) is 11.4 Å². The Morgan fingerprint density at radius 2 is 2.13 bits per heavy atom. The molecule has 1 aromatic carbocycles. The summed E-state index contributed by atoms with van der Waals surface area (Å²) in [7, 11) is 0. The van der Waals surface area contributed by atoms with Crippen LogP contribution in [0, 0.1) is 0 Å². The fraction of sp³-hybridized carbons (Fsp3) is 0. The Balaban J connectivity index is 2.26. The molecule has 1 aromatic heterocycles. The van der Waals surface area contributed by atoms with Crippen LogP contribution in [0.15, 0.2) is 41.5 Å². The van der Waals surface area contributed by atoms with Crippen LogP contribution in [0.2, 0.25) is 0 Å². The molecule has 0 aliphatic heterocycles. The summed E-state index contributed by atoms with van der Waals surface area (Å²) in [6.45, 7) is 0. The number of aromatic hydroxyl groups is 1. The van der Waals surface area contributed by atoms with Crippen molar-refractivity contribution in [2.24, 2.45) is 0 Å². The highest BCUT2D eigenvalue weighted by Gasteiger charge is 1.99. The molecule has 5 heteroatoms. The molecule has 0 atom stereocenters. The van der Waals surface area contributed by atoms with Crippen LogP contribution in [0.5, 0.6) is 5.75 Å². The minimum atomic E-state index is -0.405. The van der Waals surface area contributed by atoms with E-state index < -0.39 is 5.69 Å². The van der Waals surface area contributed by atoms with Crippen LogP contribution in [-0.2, 0) is 0 Å². The van der Waals surface area contributed by atoms with Crippen LogP contribution in [0.25, 0.3) is 0 Å². The van der Waals surface area contributed by atoms with Crippen molar-refractivity contribution in [3.05, 3.63) is 47.1 Å². The summed E-state index contributed by atoms with van der Waals surface area (Å²) < 4.78 is 0. The van der Waals surface area contributed by atoms with Gasteiger partial charge in [-0.25, -0.2) is 4.79 Å². The average Bonchev–Trinajstić information content (AvgIpc) is 2.25. The molecule has 0 aliphatic rings. The van der Waals surface area contributed by atoms with E-state index in [-0.39, 0.29) is 5.75 Å². The van der Waals surface area contributed by atoms with Gasteiger partial charge in [0.05, 0.1) is 17.6 Å². The highest BCUT2D eigenvalue weighted by Crippen LogP contribution is 2.24. The van der Waals surface area contributed by atoms with E-state index >= 15 is 0 Å². The molecule has 15 heavy (non-hydrogen) atoms. The van der Waals surface area contributed by atoms with Crippen LogP contribution >= 0.6 is 0 Å². The van der Waals surface area contributed by atoms with Gasteiger partial charge >= 0.3 is 5.69 Å². The van der Waals surface area contributed by atoms with Crippen molar-refractivity contribution in [2.75, 3.05) is 5.32 Å². The molecule has 76 valence electrons. The molecule has 0 amide bonds. The molecule has 2 aromatic rings.